The Morgan fingerprint density at radius 2 is 1.52 bits per heavy atom. The van der Waals surface area contributed by atoms with E-state index < -0.39 is 61.4 Å². The Kier molecular flexibility index (Phi) is 26.1. The number of allylic oxidation sites excluding steroid dienone is 1. The number of likely N-dealkylation sites (N-methyl/N-ethyl adjacent to an activating group) is 1. The van der Waals surface area contributed by atoms with Crippen LogP contribution in [0.2, 0.25) is 0 Å². The quantitative estimate of drug-likeness (QED) is 0.0169. The molecule has 2 aliphatic heterocycles. The number of hydrogen-bond donors (Lipinski definition) is 4. The summed E-state index contributed by atoms with van der Waals surface area (Å²) in [6.45, 7) is -0.138. The Hall–Kier alpha value is -1.09. The van der Waals surface area contributed by atoms with Gasteiger partial charge in [-0.2, -0.15) is 8.42 Å². The number of aliphatic hydroxyl groups is 2. The number of ether oxygens (including phenoxy) is 4. The molecule has 2 saturated heterocycles. The molecule has 2 heterocycles. The second-order valence-corrected chi connectivity index (χ2v) is 19.2. The molecule has 7 atom stereocenters. The highest BCUT2D eigenvalue weighted by molar-refractivity contribution is 7.80. The predicted molar refractivity (Wildman–Crippen MR) is 216 cm³/mol. The van der Waals surface area contributed by atoms with Crippen LogP contribution in [0, 0.1) is 0 Å². The van der Waals surface area contributed by atoms with E-state index in [1.807, 2.05) is 21.1 Å². The maximum atomic E-state index is 12.0. The smallest absolute Gasteiger partial charge is 0.397 e. The Morgan fingerprint density at radius 1 is 0.897 bits per heavy atom. The van der Waals surface area contributed by atoms with Gasteiger partial charge < -0.3 is 53.3 Å². The molecular weight excluding hydrogens is 799 g/mol. The van der Waals surface area contributed by atoms with E-state index in [4.69, 9.17) is 33.8 Å². The maximum Gasteiger partial charge on any atom is 0.397 e. The van der Waals surface area contributed by atoms with Crippen molar-refractivity contribution in [2.45, 2.75) is 165 Å². The molecule has 0 spiro atoms. The van der Waals surface area contributed by atoms with Crippen LogP contribution < -0.4 is 10.6 Å². The first kappa shape index (κ1) is 53.0. The van der Waals surface area contributed by atoms with Crippen LogP contribution in [0.1, 0.15) is 128 Å². The first-order valence-corrected chi connectivity index (χ1v) is 24.1. The minimum Gasteiger partial charge on any atom is -0.756 e. The highest BCUT2D eigenvalue weighted by atomic mass is 32.3. The van der Waals surface area contributed by atoms with E-state index in [-0.39, 0.29) is 32.0 Å². The van der Waals surface area contributed by atoms with E-state index in [0.717, 1.165) is 64.2 Å². The summed E-state index contributed by atoms with van der Waals surface area (Å²) in [5.74, 6) is -1.21. The van der Waals surface area contributed by atoms with Crippen LogP contribution in [0.4, 0.5) is 0 Å². The van der Waals surface area contributed by atoms with Crippen molar-refractivity contribution in [1.82, 2.24) is 0 Å². The van der Waals surface area contributed by atoms with E-state index in [0.29, 0.717) is 36.9 Å². The van der Waals surface area contributed by atoms with Gasteiger partial charge in [-0.1, -0.05) is 83.1 Å². The van der Waals surface area contributed by atoms with Gasteiger partial charge in [-0.3, -0.25) is 9.12 Å². The zero-order valence-corrected chi connectivity index (χ0v) is 37.0. The van der Waals surface area contributed by atoms with Gasteiger partial charge in [-0.05, 0) is 38.5 Å². The largest absolute Gasteiger partial charge is 0.756 e. The molecule has 0 saturated carbocycles. The molecule has 17 nitrogen and oxygen atoms in total. The van der Waals surface area contributed by atoms with Gasteiger partial charge in [-0.25, -0.2) is 8.98 Å². The van der Waals surface area contributed by atoms with Crippen molar-refractivity contribution < 1.29 is 74.1 Å². The molecule has 2 aliphatic rings. The van der Waals surface area contributed by atoms with E-state index in [1.54, 1.807) is 6.08 Å². The summed E-state index contributed by atoms with van der Waals surface area (Å²) in [4.78, 5) is 23.8. The van der Waals surface area contributed by atoms with Crippen molar-refractivity contribution in [2.75, 3.05) is 67.3 Å². The Labute approximate surface area is 347 Å². The number of quaternary nitrogens is 1. The minimum atomic E-state index is -4.57. The molecule has 19 heteroatoms. The summed E-state index contributed by atoms with van der Waals surface area (Å²) in [7, 11) is -3.36. The molecule has 0 aliphatic carbocycles. The lowest BCUT2D eigenvalue weighted by atomic mass is 9.94. The number of esters is 1. The Bertz CT molecular complexity index is 1300. The number of rotatable bonds is 36. The summed E-state index contributed by atoms with van der Waals surface area (Å²) < 4.78 is 78.9. The van der Waals surface area contributed by atoms with Crippen molar-refractivity contribution >= 4 is 24.2 Å². The van der Waals surface area contributed by atoms with Gasteiger partial charge in [0.05, 0.1) is 59.2 Å². The second-order valence-electron chi connectivity index (χ2n) is 16.7. The Morgan fingerprint density at radius 3 is 2.16 bits per heavy atom. The fourth-order valence-corrected chi connectivity index (χ4v) is 7.92. The van der Waals surface area contributed by atoms with E-state index >= 15 is 0 Å². The van der Waals surface area contributed by atoms with Crippen molar-refractivity contribution in [3.05, 3.63) is 12.2 Å². The number of fused-ring (bicyclic) bond motifs is 2. The average molecular weight is 875 g/mol. The van der Waals surface area contributed by atoms with Gasteiger partial charge in [0.25, 0.3) is 7.82 Å². The average Bonchev–Trinajstić information content (AvgIpc) is 3.45. The first-order chi connectivity index (χ1) is 27.4. The van der Waals surface area contributed by atoms with E-state index in [1.165, 1.54) is 51.0 Å². The molecule has 1 unspecified atom stereocenters. The van der Waals surface area contributed by atoms with Crippen LogP contribution in [-0.4, -0.2) is 137 Å². The monoisotopic (exact) mass is 874 g/mol. The SMILES string of the molecule is C[N+](C)(C)CCOP(=O)([O-])OC[C@H](O)COC(=O)/C=C/CCCCC[C@H]1O[C@]2(CCCCCCCCCCCCCCOC[C@@H](N)COS(=O)(=O)O)CC[C@@H](O)[C@H]1O2. The van der Waals surface area contributed by atoms with Crippen molar-refractivity contribution in [3.63, 3.8) is 0 Å². The number of unbranched alkanes of at least 4 members (excludes halogenated alkanes) is 14. The number of phosphoric ester groups is 1. The van der Waals surface area contributed by atoms with Crippen LogP contribution >= 0.6 is 7.82 Å². The third-order valence-electron chi connectivity index (χ3n) is 10.1. The summed E-state index contributed by atoms with van der Waals surface area (Å²) in [6, 6.07) is -0.605. The molecule has 0 aromatic carbocycles. The molecule has 0 aromatic heterocycles. The van der Waals surface area contributed by atoms with Gasteiger partial charge in [-0.15, -0.1) is 0 Å². The van der Waals surface area contributed by atoms with E-state index in [2.05, 4.69) is 8.71 Å². The number of carbonyl (C=O) groups is 1. The normalized spacial score (nSPS) is 23.3. The van der Waals surface area contributed by atoms with Crippen LogP contribution in [0.5, 0.6) is 0 Å². The molecule has 0 amide bonds. The lowest BCUT2D eigenvalue weighted by molar-refractivity contribution is -0.870. The number of phosphoric acid groups is 1. The first-order valence-electron chi connectivity index (χ1n) is 21.3. The molecule has 0 aromatic rings. The predicted octanol–water partition coefficient (Wildman–Crippen LogP) is 4.47. The highest BCUT2D eigenvalue weighted by Crippen LogP contribution is 2.44. The zero-order valence-electron chi connectivity index (χ0n) is 35.3. The minimum absolute atomic E-state index is 0.0486. The van der Waals surface area contributed by atoms with Gasteiger partial charge in [0, 0.05) is 25.5 Å². The summed E-state index contributed by atoms with van der Waals surface area (Å²) in [5, 5.41) is 20.5. The number of carbonyl (C=O) groups excluding carboxylic acids is 1. The lowest BCUT2D eigenvalue weighted by Gasteiger charge is -2.33. The fourth-order valence-electron chi connectivity index (χ4n) is 6.84. The molecule has 2 bridgehead atoms. The Balaban J connectivity index is 1.45. The maximum absolute atomic E-state index is 12.0. The van der Waals surface area contributed by atoms with Gasteiger partial charge >= 0.3 is 16.4 Å². The number of hydrogen-bond acceptors (Lipinski definition) is 15. The third kappa shape index (κ3) is 26.3. The number of nitrogens with zero attached hydrogens (tertiary/aromatic N) is 1. The highest BCUT2D eigenvalue weighted by Gasteiger charge is 2.52. The van der Waals surface area contributed by atoms with Gasteiger partial charge in [0.1, 0.15) is 32.0 Å². The fraction of sp³-hybridized carbons (Fsp3) is 0.923. The molecule has 58 heavy (non-hydrogen) atoms. The van der Waals surface area contributed by atoms with Crippen LogP contribution in [0.15, 0.2) is 12.2 Å². The zero-order chi connectivity index (χ0) is 42.9. The molecule has 342 valence electrons. The summed E-state index contributed by atoms with van der Waals surface area (Å²) >= 11 is 0. The van der Waals surface area contributed by atoms with Crippen LogP contribution in [0.3, 0.4) is 0 Å². The third-order valence-corrected chi connectivity index (χ3v) is 11.5. The van der Waals surface area contributed by atoms with E-state index in [9.17, 15) is 32.9 Å². The van der Waals surface area contributed by atoms with Crippen LogP contribution in [-0.2, 0) is 51.9 Å². The lowest BCUT2D eigenvalue weighted by Crippen LogP contribution is -2.41. The van der Waals surface area contributed by atoms with Crippen molar-refractivity contribution in [2.24, 2.45) is 5.73 Å². The summed E-state index contributed by atoms with van der Waals surface area (Å²) in [6.07, 6.45) is 21.1. The molecule has 2 rings (SSSR count). The van der Waals surface area contributed by atoms with Gasteiger partial charge in [0.15, 0.2) is 5.79 Å². The summed E-state index contributed by atoms with van der Waals surface area (Å²) in [5.41, 5.74) is 5.68. The molecule has 0 radical (unpaired) electrons. The topological polar surface area (TPSA) is 243 Å². The molecular formula is C39H75N2O15PS. The van der Waals surface area contributed by atoms with Crippen LogP contribution in [0.25, 0.3) is 0 Å². The number of nitrogens with two attached hydrogens (primary N) is 1. The second kappa shape index (κ2) is 28.5. The van der Waals surface area contributed by atoms with Crippen molar-refractivity contribution in [3.8, 4) is 0 Å². The molecule has 5 N–H and O–H groups in total. The standard InChI is InChI=1S/C39H75N2O15PS/c1-41(2,3)26-28-52-57(45,46)53-32-34(42)31-51-37(44)22-18-14-12-13-17-21-36-38-35(43)23-25-39(55-36,56-38)24-19-15-10-8-6-4-5-7-9-11-16-20-27-50-29-33(40)30-54-58(47,48)49/h18,22,33-36,38,42-43H,4-17,19-21,23-32,40H2,1-3H3,(H-,45,46,47,48,49)/b22-18+/t33-,34-,35-,36-,38-,39+/m1/s1. The molecule has 2 fully saturated rings. The number of aliphatic hydroxyl groups excluding tert-OH is 2. The van der Waals surface area contributed by atoms with Crippen molar-refractivity contribution in [1.29, 1.82) is 0 Å². The van der Waals surface area contributed by atoms with Gasteiger partial charge in [0.2, 0.25) is 0 Å².